The number of hydrogen-bond donors (Lipinski definition) is 3. The molecule has 44 heavy (non-hydrogen) atoms. The van der Waals surface area contributed by atoms with Gasteiger partial charge >= 0.3 is 6.03 Å². The number of methoxy groups -OCH3 is 1. The van der Waals surface area contributed by atoms with E-state index < -0.39 is 6.29 Å². The van der Waals surface area contributed by atoms with Crippen LogP contribution in [0.1, 0.15) is 92.4 Å². The summed E-state index contributed by atoms with van der Waals surface area (Å²) < 4.78 is 18.7. The number of aliphatic hydroxyl groups is 1. The van der Waals surface area contributed by atoms with E-state index in [1.54, 1.807) is 7.11 Å². The Balaban J connectivity index is 0.989. The van der Waals surface area contributed by atoms with Crippen molar-refractivity contribution in [3.05, 3.63) is 70.8 Å². The van der Waals surface area contributed by atoms with Gasteiger partial charge in [0.25, 0.3) is 0 Å². The zero-order chi connectivity index (χ0) is 30.1. The summed E-state index contributed by atoms with van der Waals surface area (Å²) in [6.45, 7) is 3.17. The van der Waals surface area contributed by atoms with Crippen molar-refractivity contribution in [3.8, 4) is 0 Å². The predicted molar refractivity (Wildman–Crippen MR) is 168 cm³/mol. The molecule has 0 radical (unpaired) electrons. The number of aliphatic hydroxyl groups excluding tert-OH is 1. The van der Waals surface area contributed by atoms with Gasteiger partial charge in [0.05, 0.1) is 25.4 Å². The Kier molecular flexibility index (Phi) is 8.98. The van der Waals surface area contributed by atoms with E-state index in [-0.39, 0.29) is 30.4 Å². The Hall–Kier alpha value is -2.49. The number of nitrogens with one attached hydrogen (secondary N) is 2. The van der Waals surface area contributed by atoms with Crippen LogP contribution in [0.2, 0.25) is 0 Å². The van der Waals surface area contributed by atoms with Crippen molar-refractivity contribution in [3.63, 3.8) is 0 Å². The van der Waals surface area contributed by atoms with Crippen molar-refractivity contribution in [2.45, 2.75) is 101 Å². The number of urea groups is 1. The number of likely N-dealkylation sites (tertiary alicyclic amines) is 1. The predicted octanol–water partition coefficient (Wildman–Crippen LogP) is 5.60. The van der Waals surface area contributed by atoms with E-state index in [1.807, 2.05) is 12.1 Å². The molecule has 238 valence electrons. The molecule has 2 heterocycles. The van der Waals surface area contributed by atoms with E-state index in [4.69, 9.17) is 14.2 Å². The van der Waals surface area contributed by atoms with E-state index in [2.05, 4.69) is 51.9 Å². The van der Waals surface area contributed by atoms with Crippen LogP contribution in [-0.2, 0) is 27.4 Å². The smallest absolute Gasteiger partial charge is 0.315 e. The van der Waals surface area contributed by atoms with Gasteiger partial charge < -0.3 is 30.0 Å². The summed E-state index contributed by atoms with van der Waals surface area (Å²) in [5.41, 5.74) is 4.04. The second-order valence-electron chi connectivity index (χ2n) is 14.3. The Morgan fingerprint density at radius 1 is 0.932 bits per heavy atom. The highest BCUT2D eigenvalue weighted by Gasteiger charge is 2.51. The van der Waals surface area contributed by atoms with Gasteiger partial charge in [-0.2, -0.15) is 0 Å². The van der Waals surface area contributed by atoms with Gasteiger partial charge in [-0.3, -0.25) is 4.90 Å². The second kappa shape index (κ2) is 13.1. The molecule has 8 rings (SSSR count). The molecule has 6 aliphatic rings. The molecule has 6 fully saturated rings. The van der Waals surface area contributed by atoms with Crippen LogP contribution in [0, 0.1) is 17.8 Å². The summed E-state index contributed by atoms with van der Waals surface area (Å²) in [4.78, 5) is 15.5. The van der Waals surface area contributed by atoms with Gasteiger partial charge in [-0.05, 0) is 92.4 Å². The first kappa shape index (κ1) is 30.2. The largest absolute Gasteiger partial charge is 0.392 e. The van der Waals surface area contributed by atoms with Gasteiger partial charge in [0.15, 0.2) is 6.29 Å². The third-order valence-corrected chi connectivity index (χ3v) is 11.0. The minimum atomic E-state index is -0.485. The monoisotopic (exact) mass is 603 g/mol. The van der Waals surface area contributed by atoms with Crippen molar-refractivity contribution < 1.29 is 24.1 Å². The first-order valence-electron chi connectivity index (χ1n) is 16.9. The standard InChI is InChI=1S/C36H49N3O5/c1-42-23-31-3-2-12-39(31)21-32-16-33(29-8-6-25(22-40)7-9-29)44-34(43-32)30-10-4-24(5-11-30)20-37-35(41)38-36-17-26-13-27(18-36)15-28(14-26)19-36/h4-11,26-28,31-34,40H,2-3,12-23H2,1H3,(H2,37,38,41)/t26?,27?,28?,31-,32-,33+,34+,36?/m0/s1. The summed E-state index contributed by atoms with van der Waals surface area (Å²) in [5.74, 6) is 2.42. The third kappa shape index (κ3) is 6.70. The highest BCUT2D eigenvalue weighted by atomic mass is 16.7. The number of nitrogens with zero attached hydrogens (tertiary/aromatic N) is 1. The second-order valence-corrected chi connectivity index (χ2v) is 14.3. The highest BCUT2D eigenvalue weighted by Crippen LogP contribution is 2.55. The molecular weight excluding hydrogens is 554 g/mol. The fourth-order valence-electron chi connectivity index (χ4n) is 9.33. The van der Waals surface area contributed by atoms with Crippen LogP contribution in [0.15, 0.2) is 48.5 Å². The van der Waals surface area contributed by atoms with Crippen LogP contribution in [0.4, 0.5) is 4.79 Å². The summed E-state index contributed by atoms with van der Waals surface area (Å²) in [6.07, 6.45) is 10.1. The molecule has 0 spiro atoms. The average Bonchev–Trinajstić information content (AvgIpc) is 3.45. The molecule has 4 saturated carbocycles. The van der Waals surface area contributed by atoms with Crippen molar-refractivity contribution in [1.82, 2.24) is 15.5 Å². The average molecular weight is 604 g/mol. The zero-order valence-electron chi connectivity index (χ0n) is 26.1. The number of benzene rings is 2. The SMILES string of the molecule is COC[C@@H]1CCCN1C[C@@H]1C[C@H](c2ccc(CO)cc2)O[C@H](c2ccc(CNC(=O)NC34CC5CC(CC(C5)C3)C4)cc2)O1. The zero-order valence-corrected chi connectivity index (χ0v) is 26.1. The van der Waals surface area contributed by atoms with Crippen LogP contribution in [-0.4, -0.2) is 60.5 Å². The van der Waals surface area contributed by atoms with Crippen molar-refractivity contribution >= 4 is 6.03 Å². The summed E-state index contributed by atoms with van der Waals surface area (Å²) >= 11 is 0. The lowest BCUT2D eigenvalue weighted by Gasteiger charge is -2.56. The summed E-state index contributed by atoms with van der Waals surface area (Å²) in [5, 5.41) is 16.1. The molecule has 0 aromatic heterocycles. The van der Waals surface area contributed by atoms with Gasteiger partial charge in [-0.15, -0.1) is 0 Å². The van der Waals surface area contributed by atoms with Crippen LogP contribution < -0.4 is 10.6 Å². The minimum absolute atomic E-state index is 0.0164. The van der Waals surface area contributed by atoms with Gasteiger partial charge in [0.1, 0.15) is 0 Å². The van der Waals surface area contributed by atoms with Crippen LogP contribution in [0.5, 0.6) is 0 Å². The van der Waals surface area contributed by atoms with Crippen LogP contribution in [0.25, 0.3) is 0 Å². The molecule has 8 heteroatoms. The number of hydrogen-bond acceptors (Lipinski definition) is 6. The minimum Gasteiger partial charge on any atom is -0.392 e. The summed E-state index contributed by atoms with van der Waals surface area (Å²) in [6, 6.07) is 16.7. The molecule has 2 saturated heterocycles. The molecule has 4 aliphatic carbocycles. The Labute approximate surface area is 261 Å². The lowest BCUT2D eigenvalue weighted by atomic mass is 9.53. The topological polar surface area (TPSA) is 92.3 Å². The lowest BCUT2D eigenvalue weighted by Crippen LogP contribution is -2.61. The Morgan fingerprint density at radius 2 is 1.59 bits per heavy atom. The number of carbonyl (C=O) groups excluding carboxylic acids is 1. The van der Waals surface area contributed by atoms with E-state index in [0.29, 0.717) is 12.6 Å². The van der Waals surface area contributed by atoms with E-state index >= 15 is 0 Å². The molecule has 0 unspecified atom stereocenters. The molecule has 2 amide bonds. The molecule has 8 nitrogen and oxygen atoms in total. The molecule has 3 N–H and O–H groups in total. The molecule has 4 atom stereocenters. The van der Waals surface area contributed by atoms with Crippen molar-refractivity contribution in [2.75, 3.05) is 26.8 Å². The fraction of sp³-hybridized carbons (Fsp3) is 0.639. The van der Waals surface area contributed by atoms with E-state index in [9.17, 15) is 9.90 Å². The van der Waals surface area contributed by atoms with Crippen LogP contribution in [0.3, 0.4) is 0 Å². The molecule has 2 aromatic rings. The van der Waals surface area contributed by atoms with Gasteiger partial charge in [0.2, 0.25) is 0 Å². The lowest BCUT2D eigenvalue weighted by molar-refractivity contribution is -0.253. The third-order valence-electron chi connectivity index (χ3n) is 11.0. The Bertz CT molecular complexity index is 1230. The maximum Gasteiger partial charge on any atom is 0.315 e. The van der Waals surface area contributed by atoms with E-state index in [1.165, 1.54) is 25.7 Å². The number of amides is 2. The maximum absolute atomic E-state index is 13.0. The first-order chi connectivity index (χ1) is 21.5. The maximum atomic E-state index is 13.0. The van der Waals surface area contributed by atoms with E-state index in [0.717, 1.165) is 91.8 Å². The fourth-order valence-corrected chi connectivity index (χ4v) is 9.33. The van der Waals surface area contributed by atoms with Gasteiger partial charge in [-0.1, -0.05) is 48.5 Å². The quantitative estimate of drug-likeness (QED) is 0.327. The normalized spacial score (nSPS) is 34.7. The highest BCUT2D eigenvalue weighted by molar-refractivity contribution is 5.75. The number of carbonyl (C=O) groups is 1. The molecular formula is C36H49N3O5. The first-order valence-corrected chi connectivity index (χ1v) is 16.9. The van der Waals surface area contributed by atoms with Crippen LogP contribution >= 0.6 is 0 Å². The summed E-state index contributed by atoms with van der Waals surface area (Å²) in [7, 11) is 1.78. The molecule has 4 bridgehead atoms. The van der Waals surface area contributed by atoms with Crippen molar-refractivity contribution in [1.29, 1.82) is 0 Å². The van der Waals surface area contributed by atoms with Crippen molar-refractivity contribution in [2.24, 2.45) is 17.8 Å². The molecule has 2 aromatic carbocycles. The Morgan fingerprint density at radius 3 is 2.25 bits per heavy atom. The van der Waals surface area contributed by atoms with Gasteiger partial charge in [0, 0.05) is 43.8 Å². The molecule has 2 aliphatic heterocycles. The number of ether oxygens (including phenoxy) is 3. The van der Waals surface area contributed by atoms with Gasteiger partial charge in [-0.25, -0.2) is 4.79 Å². The number of rotatable bonds is 10.